The average Bonchev–Trinajstić information content (AvgIpc) is 2.66. The van der Waals surface area contributed by atoms with E-state index in [9.17, 15) is 9.59 Å². The predicted molar refractivity (Wildman–Crippen MR) is 96.8 cm³/mol. The van der Waals surface area contributed by atoms with Gasteiger partial charge in [-0.15, -0.1) is 6.58 Å². The molecule has 2 N–H and O–H groups in total. The second-order valence-corrected chi connectivity index (χ2v) is 5.37. The Hall–Kier alpha value is -2.92. The molecule has 0 aliphatic heterocycles. The van der Waals surface area contributed by atoms with Crippen LogP contribution in [0.15, 0.2) is 73.3 Å². The Morgan fingerprint density at radius 3 is 2.24 bits per heavy atom. The second-order valence-electron chi connectivity index (χ2n) is 5.37. The molecule has 25 heavy (non-hydrogen) atoms. The molecule has 0 aliphatic rings. The normalized spacial score (nSPS) is 12.7. The molecule has 1 amide bonds. The van der Waals surface area contributed by atoms with Crippen LogP contribution in [0.4, 0.5) is 0 Å². The molecule has 2 atom stereocenters. The number of nitrogens with one attached hydrogen (secondary N) is 2. The van der Waals surface area contributed by atoms with Crippen LogP contribution in [0, 0.1) is 0 Å². The highest BCUT2D eigenvalue weighted by Crippen LogP contribution is 2.21. The van der Waals surface area contributed by atoms with Crippen LogP contribution in [-0.2, 0) is 9.53 Å². The number of hydrogen-bond acceptors (Lipinski definition) is 4. The first kappa shape index (κ1) is 18.4. The van der Waals surface area contributed by atoms with Gasteiger partial charge in [0.05, 0.1) is 6.61 Å². The van der Waals surface area contributed by atoms with Crippen molar-refractivity contribution in [1.29, 1.82) is 0 Å². The Labute approximate surface area is 147 Å². The first-order valence-electron chi connectivity index (χ1n) is 8.12. The Kier molecular flexibility index (Phi) is 6.92. The number of carbonyl (C=O) groups is 2. The number of amides is 1. The summed E-state index contributed by atoms with van der Waals surface area (Å²) >= 11 is 0. The molecule has 2 aromatic carbocycles. The largest absolute Gasteiger partial charge is 0.465 e. The highest BCUT2D eigenvalue weighted by Gasteiger charge is 2.29. The van der Waals surface area contributed by atoms with Crippen molar-refractivity contribution in [2.24, 2.45) is 0 Å². The van der Waals surface area contributed by atoms with E-state index in [2.05, 4.69) is 17.4 Å². The summed E-state index contributed by atoms with van der Waals surface area (Å²) in [5, 5.41) is 0. The maximum atomic E-state index is 12.4. The van der Waals surface area contributed by atoms with Crippen molar-refractivity contribution >= 4 is 11.9 Å². The molecule has 0 aliphatic carbocycles. The fourth-order valence-electron chi connectivity index (χ4n) is 2.47. The number of hydrogen-bond donors (Lipinski definition) is 2. The summed E-state index contributed by atoms with van der Waals surface area (Å²) in [5.41, 5.74) is 6.79. The van der Waals surface area contributed by atoms with E-state index in [0.717, 1.165) is 5.56 Å². The maximum Gasteiger partial charge on any atom is 0.325 e. The Balaban J connectivity index is 2.16. The molecule has 0 bridgehead atoms. The summed E-state index contributed by atoms with van der Waals surface area (Å²) in [6, 6.07) is 17.4. The van der Waals surface area contributed by atoms with Gasteiger partial charge in [0, 0.05) is 11.5 Å². The molecule has 0 radical (unpaired) electrons. The lowest BCUT2D eigenvalue weighted by molar-refractivity contribution is -0.146. The smallest absolute Gasteiger partial charge is 0.325 e. The minimum absolute atomic E-state index is 0.252. The number of rotatable bonds is 8. The standard InChI is InChI=1S/C20H22N2O3/c1-3-17(15-11-7-5-8-12-15)18(20(24)25-4-2)21-22-19(23)16-13-9-6-10-14-16/h3,5-14,17-18,21H,1,4H2,2H3,(H,22,23)/t17-,18+/m0/s1. The molecule has 5 heteroatoms. The number of benzene rings is 2. The van der Waals surface area contributed by atoms with Gasteiger partial charge >= 0.3 is 5.97 Å². The maximum absolute atomic E-state index is 12.4. The zero-order chi connectivity index (χ0) is 18.1. The zero-order valence-corrected chi connectivity index (χ0v) is 14.1. The molecule has 0 saturated carbocycles. The minimum atomic E-state index is -0.785. The van der Waals surface area contributed by atoms with Gasteiger partial charge in [0.25, 0.3) is 5.91 Å². The molecule has 0 fully saturated rings. The highest BCUT2D eigenvalue weighted by atomic mass is 16.5. The Morgan fingerprint density at radius 2 is 1.68 bits per heavy atom. The van der Waals surface area contributed by atoms with E-state index < -0.39 is 12.0 Å². The minimum Gasteiger partial charge on any atom is -0.465 e. The lowest BCUT2D eigenvalue weighted by Gasteiger charge is -2.24. The van der Waals surface area contributed by atoms with E-state index in [1.165, 1.54) is 0 Å². The molecule has 0 spiro atoms. The summed E-state index contributed by atoms with van der Waals surface area (Å²) in [6.45, 7) is 5.82. The van der Waals surface area contributed by atoms with Gasteiger partial charge in [-0.1, -0.05) is 54.6 Å². The molecule has 2 rings (SSSR count). The summed E-state index contributed by atoms with van der Waals surface area (Å²) in [4.78, 5) is 24.6. The van der Waals surface area contributed by atoms with Crippen molar-refractivity contribution in [3.05, 3.63) is 84.4 Å². The molecule has 0 saturated heterocycles. The van der Waals surface area contributed by atoms with Gasteiger partial charge in [0.2, 0.25) is 0 Å². The van der Waals surface area contributed by atoms with Gasteiger partial charge < -0.3 is 4.74 Å². The van der Waals surface area contributed by atoms with E-state index in [1.807, 2.05) is 36.4 Å². The van der Waals surface area contributed by atoms with Crippen LogP contribution in [-0.4, -0.2) is 24.5 Å². The van der Waals surface area contributed by atoms with Crippen LogP contribution in [0.3, 0.4) is 0 Å². The zero-order valence-electron chi connectivity index (χ0n) is 14.1. The van der Waals surface area contributed by atoms with Gasteiger partial charge in [-0.2, -0.15) is 0 Å². The molecule has 130 valence electrons. The molecular formula is C20H22N2O3. The number of esters is 1. The van der Waals surface area contributed by atoms with Crippen LogP contribution < -0.4 is 10.9 Å². The SMILES string of the molecule is C=C[C@@H](c1ccccc1)[C@@H](NNC(=O)c1ccccc1)C(=O)OCC. The lowest BCUT2D eigenvalue weighted by atomic mass is 9.92. The van der Waals surface area contributed by atoms with Gasteiger partial charge in [-0.25, -0.2) is 5.43 Å². The molecule has 2 aromatic rings. The molecule has 0 aromatic heterocycles. The van der Waals surface area contributed by atoms with E-state index in [0.29, 0.717) is 5.56 Å². The summed E-state index contributed by atoms with van der Waals surface area (Å²) in [6.07, 6.45) is 1.67. The molecule has 5 nitrogen and oxygen atoms in total. The van der Waals surface area contributed by atoms with E-state index in [-0.39, 0.29) is 18.4 Å². The Bertz CT molecular complexity index is 701. The second kappa shape index (κ2) is 9.39. The van der Waals surface area contributed by atoms with Crippen LogP contribution >= 0.6 is 0 Å². The van der Waals surface area contributed by atoms with Crippen molar-refractivity contribution in [3.8, 4) is 0 Å². The Morgan fingerprint density at radius 1 is 1.08 bits per heavy atom. The van der Waals surface area contributed by atoms with E-state index in [1.54, 1.807) is 37.3 Å². The van der Waals surface area contributed by atoms with Crippen LogP contribution in [0.2, 0.25) is 0 Å². The third-order valence-corrected chi connectivity index (χ3v) is 3.72. The van der Waals surface area contributed by atoms with E-state index >= 15 is 0 Å². The quantitative estimate of drug-likeness (QED) is 0.441. The molecule has 0 unspecified atom stereocenters. The summed E-state index contributed by atoms with van der Waals surface area (Å²) in [7, 11) is 0. The first-order valence-corrected chi connectivity index (χ1v) is 8.12. The van der Waals surface area contributed by atoms with Crippen molar-refractivity contribution in [2.45, 2.75) is 18.9 Å². The third-order valence-electron chi connectivity index (χ3n) is 3.72. The first-order chi connectivity index (χ1) is 12.2. The van der Waals surface area contributed by atoms with Crippen molar-refractivity contribution in [1.82, 2.24) is 10.9 Å². The number of ether oxygens (including phenoxy) is 1. The number of carbonyl (C=O) groups excluding carboxylic acids is 2. The van der Waals surface area contributed by atoms with Crippen LogP contribution in [0.5, 0.6) is 0 Å². The number of hydrazine groups is 1. The monoisotopic (exact) mass is 338 g/mol. The molecule has 0 heterocycles. The van der Waals surface area contributed by atoms with Crippen LogP contribution in [0.25, 0.3) is 0 Å². The van der Waals surface area contributed by atoms with Gasteiger partial charge in [0.15, 0.2) is 0 Å². The topological polar surface area (TPSA) is 67.4 Å². The van der Waals surface area contributed by atoms with Gasteiger partial charge in [-0.3, -0.25) is 15.0 Å². The fourth-order valence-corrected chi connectivity index (χ4v) is 2.47. The van der Waals surface area contributed by atoms with Crippen LogP contribution in [0.1, 0.15) is 28.8 Å². The van der Waals surface area contributed by atoms with Crippen molar-refractivity contribution in [2.75, 3.05) is 6.61 Å². The lowest BCUT2D eigenvalue weighted by Crippen LogP contribution is -2.51. The summed E-state index contributed by atoms with van der Waals surface area (Å²) < 4.78 is 5.15. The highest BCUT2D eigenvalue weighted by molar-refractivity contribution is 5.94. The van der Waals surface area contributed by atoms with E-state index in [4.69, 9.17) is 4.74 Å². The average molecular weight is 338 g/mol. The van der Waals surface area contributed by atoms with Gasteiger partial charge in [0.1, 0.15) is 6.04 Å². The predicted octanol–water partition coefficient (Wildman–Crippen LogP) is 2.82. The van der Waals surface area contributed by atoms with Crippen molar-refractivity contribution in [3.63, 3.8) is 0 Å². The van der Waals surface area contributed by atoms with Crippen molar-refractivity contribution < 1.29 is 14.3 Å². The third kappa shape index (κ3) is 5.02. The fraction of sp³-hybridized carbons (Fsp3) is 0.200. The van der Waals surface area contributed by atoms with Gasteiger partial charge in [-0.05, 0) is 24.6 Å². The molecular weight excluding hydrogens is 316 g/mol. The summed E-state index contributed by atoms with van der Waals surface area (Å²) in [5.74, 6) is -1.13.